The number of carbonyl (C=O) groups is 2. The van der Waals surface area contributed by atoms with E-state index in [0.717, 1.165) is 30.6 Å². The summed E-state index contributed by atoms with van der Waals surface area (Å²) >= 11 is 0. The Labute approximate surface area is 278 Å². The van der Waals surface area contributed by atoms with Crippen LogP contribution < -0.4 is 0 Å². The summed E-state index contributed by atoms with van der Waals surface area (Å²) in [6.45, 7) is 23.2. The molecule has 0 unspecified atom stereocenters. The van der Waals surface area contributed by atoms with Crippen LogP contribution in [0.5, 0.6) is 0 Å². The third-order valence-electron chi connectivity index (χ3n) is 15.3. The van der Waals surface area contributed by atoms with Crippen LogP contribution >= 0.6 is 0 Å². The Morgan fingerprint density at radius 3 is 2.30 bits per heavy atom. The second kappa shape index (κ2) is 11.7. The Hall–Kier alpha value is -1.66. The first-order valence-corrected chi connectivity index (χ1v) is 18.5. The van der Waals surface area contributed by atoms with Gasteiger partial charge in [0, 0.05) is 13.8 Å². The molecule has 0 aromatic heterocycles. The van der Waals surface area contributed by atoms with Crippen molar-refractivity contribution in [1.82, 2.24) is 0 Å². The number of carbonyl (C=O) groups excluding carboxylic acids is 2. The molecule has 6 nitrogen and oxygen atoms in total. The lowest BCUT2D eigenvalue weighted by molar-refractivity contribution is -0.257. The Balaban J connectivity index is 1.23. The summed E-state index contributed by atoms with van der Waals surface area (Å²) in [5, 5.41) is 0. The van der Waals surface area contributed by atoms with Crippen molar-refractivity contribution in [3.05, 3.63) is 23.8 Å². The predicted molar refractivity (Wildman–Crippen MR) is 180 cm³/mol. The fourth-order valence-electron chi connectivity index (χ4n) is 12.6. The van der Waals surface area contributed by atoms with Crippen LogP contribution in [-0.4, -0.2) is 43.1 Å². The zero-order valence-corrected chi connectivity index (χ0v) is 30.4. The van der Waals surface area contributed by atoms with Gasteiger partial charge >= 0.3 is 11.9 Å². The van der Waals surface area contributed by atoms with Crippen LogP contribution in [-0.2, 0) is 28.5 Å². The first-order valence-electron chi connectivity index (χ1n) is 18.5. The van der Waals surface area contributed by atoms with Gasteiger partial charge in [0.15, 0.2) is 6.29 Å². The molecular formula is C40H62O6. The third-order valence-corrected chi connectivity index (χ3v) is 15.3. The maximum absolute atomic E-state index is 11.7. The molecule has 6 aliphatic rings. The standard InChI is InChI=1S/C40H62O6/c1-24(2)27-15-18-37(7)21-22-39(9)28(35(27)37)11-13-32-38(8)19-17-33(36(5,6)31(38)16-20-40(32,39)10)46-34-14-12-29(44-26(4)42)30(45-34)23-43-25(3)41/h11-12,14,24,27,29-35H,13,15-23H2,1-10H3/t27-,29+,30-,31+,32-,33+,34+,35+,37-,38+,39-,40-/m1/s1. The van der Waals surface area contributed by atoms with Gasteiger partial charge < -0.3 is 18.9 Å². The van der Waals surface area contributed by atoms with Crippen LogP contribution in [0.4, 0.5) is 0 Å². The largest absolute Gasteiger partial charge is 0.463 e. The van der Waals surface area contributed by atoms with Gasteiger partial charge in [0.25, 0.3) is 0 Å². The van der Waals surface area contributed by atoms with Gasteiger partial charge in [0.05, 0.1) is 6.10 Å². The van der Waals surface area contributed by atoms with Crippen LogP contribution in [0.2, 0.25) is 0 Å². The number of fused-ring (bicyclic) bond motifs is 7. The van der Waals surface area contributed by atoms with E-state index in [1.54, 1.807) is 0 Å². The molecule has 0 amide bonds. The minimum Gasteiger partial charge on any atom is -0.463 e. The van der Waals surface area contributed by atoms with E-state index in [1.807, 2.05) is 17.7 Å². The fraction of sp³-hybridized carbons (Fsp3) is 0.850. The number of hydrogen-bond donors (Lipinski definition) is 0. The van der Waals surface area contributed by atoms with Gasteiger partial charge in [0.2, 0.25) is 0 Å². The van der Waals surface area contributed by atoms with Crippen molar-refractivity contribution in [2.24, 2.45) is 56.7 Å². The van der Waals surface area contributed by atoms with Crippen LogP contribution in [0.1, 0.15) is 127 Å². The molecule has 0 aromatic carbocycles. The minimum atomic E-state index is -0.612. The van der Waals surface area contributed by atoms with E-state index in [-0.39, 0.29) is 29.0 Å². The van der Waals surface area contributed by atoms with E-state index in [9.17, 15) is 9.59 Å². The van der Waals surface area contributed by atoms with Gasteiger partial charge in [-0.15, -0.1) is 0 Å². The number of hydrogen-bond acceptors (Lipinski definition) is 6. The van der Waals surface area contributed by atoms with Crippen molar-refractivity contribution < 1.29 is 28.5 Å². The molecule has 1 aliphatic heterocycles. The lowest BCUT2D eigenvalue weighted by atomic mass is 9.34. The van der Waals surface area contributed by atoms with Crippen LogP contribution in [0.25, 0.3) is 0 Å². The molecule has 0 radical (unpaired) electrons. The van der Waals surface area contributed by atoms with Crippen molar-refractivity contribution in [3.8, 4) is 0 Å². The maximum atomic E-state index is 11.7. The number of esters is 2. The Bertz CT molecular complexity index is 1270. The van der Waals surface area contributed by atoms with Gasteiger partial charge in [-0.25, -0.2) is 0 Å². The minimum absolute atomic E-state index is 0.0126. The second-order valence-corrected chi connectivity index (χ2v) is 18.2. The van der Waals surface area contributed by atoms with E-state index in [1.165, 1.54) is 58.8 Å². The molecule has 6 heteroatoms. The molecule has 0 aromatic rings. The summed E-state index contributed by atoms with van der Waals surface area (Å²) in [7, 11) is 0. The number of rotatable bonds is 6. The topological polar surface area (TPSA) is 71.1 Å². The van der Waals surface area contributed by atoms with Gasteiger partial charge in [-0.1, -0.05) is 67.0 Å². The normalized spacial score (nSPS) is 47.6. The summed E-state index contributed by atoms with van der Waals surface area (Å²) < 4.78 is 23.8. The number of allylic oxidation sites excluding steroid dienone is 2. The lowest BCUT2D eigenvalue weighted by Gasteiger charge is -2.71. The molecule has 0 saturated heterocycles. The van der Waals surface area contributed by atoms with Gasteiger partial charge in [-0.05, 0) is 127 Å². The van der Waals surface area contributed by atoms with E-state index in [4.69, 9.17) is 18.9 Å². The number of ether oxygens (including phenoxy) is 4. The molecule has 5 aliphatic carbocycles. The van der Waals surface area contributed by atoms with Crippen molar-refractivity contribution in [2.45, 2.75) is 152 Å². The lowest BCUT2D eigenvalue weighted by Crippen LogP contribution is -2.64. The highest BCUT2D eigenvalue weighted by Crippen LogP contribution is 2.76. The summed E-state index contributed by atoms with van der Waals surface area (Å²) in [4.78, 5) is 23.3. The van der Waals surface area contributed by atoms with Crippen LogP contribution in [0.15, 0.2) is 23.8 Å². The first kappa shape index (κ1) is 34.2. The van der Waals surface area contributed by atoms with Crippen molar-refractivity contribution in [1.29, 1.82) is 0 Å². The Morgan fingerprint density at radius 2 is 1.63 bits per heavy atom. The Morgan fingerprint density at radius 1 is 0.891 bits per heavy atom. The van der Waals surface area contributed by atoms with Gasteiger partial charge in [-0.2, -0.15) is 0 Å². The zero-order chi connectivity index (χ0) is 33.4. The summed E-state index contributed by atoms with van der Waals surface area (Å²) in [6.07, 6.45) is 16.1. The van der Waals surface area contributed by atoms with E-state index >= 15 is 0 Å². The van der Waals surface area contributed by atoms with Crippen molar-refractivity contribution in [2.75, 3.05) is 6.61 Å². The highest BCUT2D eigenvalue weighted by Gasteiger charge is 2.68. The molecule has 1 heterocycles. The molecule has 46 heavy (non-hydrogen) atoms. The van der Waals surface area contributed by atoms with E-state index < -0.39 is 30.4 Å². The van der Waals surface area contributed by atoms with Crippen LogP contribution in [0, 0.1) is 56.7 Å². The average Bonchev–Trinajstić information content (AvgIpc) is 3.32. The molecule has 0 bridgehead atoms. The molecule has 4 fully saturated rings. The third kappa shape index (κ3) is 5.26. The van der Waals surface area contributed by atoms with Crippen molar-refractivity contribution >= 4 is 11.9 Å². The molecule has 0 N–H and O–H groups in total. The van der Waals surface area contributed by atoms with Gasteiger partial charge in [-0.3, -0.25) is 9.59 Å². The van der Waals surface area contributed by atoms with Crippen LogP contribution in [0.3, 0.4) is 0 Å². The van der Waals surface area contributed by atoms with Crippen molar-refractivity contribution in [3.63, 3.8) is 0 Å². The molecule has 12 atom stereocenters. The molecule has 4 saturated carbocycles. The molecule has 0 spiro atoms. The highest BCUT2D eigenvalue weighted by molar-refractivity contribution is 5.67. The van der Waals surface area contributed by atoms with E-state index in [2.05, 4.69) is 61.5 Å². The predicted octanol–water partition coefficient (Wildman–Crippen LogP) is 8.83. The SMILES string of the molecule is CC(=O)OC[C@H]1O[C@@H](O[C@H]2CC[C@]3(C)[C@H]4CC=C5[C@@H]6[C@@H](C(C)C)CC[C@]6(C)CC[C@@]5(C)[C@]4(C)CC[C@H]3C2(C)C)C=C[C@@H]1OC(C)=O. The summed E-state index contributed by atoms with van der Waals surface area (Å²) in [5.74, 6) is 2.76. The average molecular weight is 639 g/mol. The first-order chi connectivity index (χ1) is 21.5. The molecule has 6 rings (SSSR count). The fourth-order valence-corrected chi connectivity index (χ4v) is 12.6. The highest BCUT2D eigenvalue weighted by atomic mass is 16.7. The molecule has 258 valence electrons. The smallest absolute Gasteiger partial charge is 0.303 e. The quantitative estimate of drug-likeness (QED) is 0.214. The van der Waals surface area contributed by atoms with Gasteiger partial charge in [0.1, 0.15) is 18.8 Å². The van der Waals surface area contributed by atoms with E-state index in [0.29, 0.717) is 22.7 Å². The zero-order valence-electron chi connectivity index (χ0n) is 30.4. The monoisotopic (exact) mass is 638 g/mol. The second-order valence-electron chi connectivity index (χ2n) is 18.2. The molecular weight excluding hydrogens is 576 g/mol. The Kier molecular flexibility index (Phi) is 8.73. The maximum Gasteiger partial charge on any atom is 0.303 e. The summed E-state index contributed by atoms with van der Waals surface area (Å²) in [6, 6.07) is 0. The summed E-state index contributed by atoms with van der Waals surface area (Å²) in [5.41, 5.74) is 3.13.